The summed E-state index contributed by atoms with van der Waals surface area (Å²) in [6, 6.07) is 5.68. The third-order valence-corrected chi connectivity index (χ3v) is 2.86. The van der Waals surface area contributed by atoms with E-state index in [-0.39, 0.29) is 12.5 Å². The molecule has 0 atom stereocenters. The molecule has 0 saturated heterocycles. The first-order valence-electron chi connectivity index (χ1n) is 6.55. The Bertz CT molecular complexity index is 433. The van der Waals surface area contributed by atoms with Gasteiger partial charge in [-0.2, -0.15) is 0 Å². The van der Waals surface area contributed by atoms with Crippen molar-refractivity contribution in [2.24, 2.45) is 0 Å². The van der Waals surface area contributed by atoms with Gasteiger partial charge in [-0.15, -0.1) is 0 Å². The van der Waals surface area contributed by atoms with Crippen molar-refractivity contribution in [2.75, 3.05) is 19.8 Å². The first-order chi connectivity index (χ1) is 9.29. The van der Waals surface area contributed by atoms with Gasteiger partial charge in [0.2, 0.25) is 5.91 Å². The Morgan fingerprint density at radius 2 is 2.05 bits per heavy atom. The highest BCUT2D eigenvalue weighted by Gasteiger charge is 2.10. The molecule has 0 fully saturated rings. The molecule has 1 aromatic carbocycles. The van der Waals surface area contributed by atoms with Gasteiger partial charge in [0.15, 0.2) is 11.5 Å². The number of amides is 1. The number of carbonyl (C=O) groups excluding carboxylic acids is 1. The van der Waals surface area contributed by atoms with Crippen LogP contribution < -0.4 is 14.8 Å². The summed E-state index contributed by atoms with van der Waals surface area (Å²) in [6.07, 6.45) is 1.72. The van der Waals surface area contributed by atoms with Crippen LogP contribution >= 0.6 is 0 Å². The van der Waals surface area contributed by atoms with E-state index in [9.17, 15) is 4.79 Å². The molecule has 0 unspecified atom stereocenters. The second kappa shape index (κ2) is 6.99. The molecule has 2 rings (SSSR count). The monoisotopic (exact) mass is 265 g/mol. The zero-order valence-corrected chi connectivity index (χ0v) is 10.9. The first-order valence-corrected chi connectivity index (χ1v) is 6.55. The van der Waals surface area contributed by atoms with Crippen LogP contribution in [0.2, 0.25) is 0 Å². The maximum atomic E-state index is 11.4. The molecule has 104 valence electrons. The molecule has 1 aromatic rings. The van der Waals surface area contributed by atoms with E-state index in [1.54, 1.807) is 0 Å². The van der Waals surface area contributed by atoms with Gasteiger partial charge < -0.3 is 19.9 Å². The summed E-state index contributed by atoms with van der Waals surface area (Å²) < 4.78 is 11.1. The quantitative estimate of drug-likeness (QED) is 0.840. The van der Waals surface area contributed by atoms with Crippen molar-refractivity contribution < 1.29 is 19.4 Å². The van der Waals surface area contributed by atoms with Crippen molar-refractivity contribution in [3.8, 4) is 11.5 Å². The molecule has 5 heteroatoms. The number of carbonyl (C=O) groups is 1. The number of hydrogen-bond donors (Lipinski definition) is 2. The SMILES string of the molecule is O=C(CCCO)NCc1ccc2c(c1)OCCCO2. The van der Waals surface area contributed by atoms with Gasteiger partial charge in [0, 0.05) is 26.0 Å². The molecule has 0 saturated carbocycles. The molecule has 5 nitrogen and oxygen atoms in total. The van der Waals surface area contributed by atoms with Crippen molar-refractivity contribution in [2.45, 2.75) is 25.8 Å². The van der Waals surface area contributed by atoms with Gasteiger partial charge in [0.1, 0.15) is 0 Å². The zero-order valence-electron chi connectivity index (χ0n) is 10.9. The lowest BCUT2D eigenvalue weighted by molar-refractivity contribution is -0.121. The van der Waals surface area contributed by atoms with Crippen LogP contribution in [0.3, 0.4) is 0 Å². The van der Waals surface area contributed by atoms with Crippen LogP contribution in [-0.2, 0) is 11.3 Å². The number of aliphatic hydroxyl groups excluding tert-OH is 1. The summed E-state index contributed by atoms with van der Waals surface area (Å²) in [4.78, 5) is 11.4. The molecule has 1 aliphatic heterocycles. The van der Waals surface area contributed by atoms with Crippen LogP contribution in [0.5, 0.6) is 11.5 Å². The van der Waals surface area contributed by atoms with E-state index in [0.717, 1.165) is 23.5 Å². The summed E-state index contributed by atoms with van der Waals surface area (Å²) in [5.41, 5.74) is 0.974. The van der Waals surface area contributed by atoms with E-state index < -0.39 is 0 Å². The minimum atomic E-state index is -0.0545. The lowest BCUT2D eigenvalue weighted by Crippen LogP contribution is -2.22. The van der Waals surface area contributed by atoms with Crippen molar-refractivity contribution >= 4 is 5.91 Å². The molecule has 1 amide bonds. The van der Waals surface area contributed by atoms with Gasteiger partial charge in [-0.3, -0.25) is 4.79 Å². The zero-order chi connectivity index (χ0) is 13.5. The minimum Gasteiger partial charge on any atom is -0.490 e. The Balaban J connectivity index is 1.90. The average molecular weight is 265 g/mol. The van der Waals surface area contributed by atoms with E-state index in [0.29, 0.717) is 32.6 Å². The summed E-state index contributed by atoms with van der Waals surface area (Å²) >= 11 is 0. The second-order valence-corrected chi connectivity index (χ2v) is 4.44. The molecular formula is C14H19NO4. The van der Waals surface area contributed by atoms with Crippen LogP contribution in [0, 0.1) is 0 Å². The summed E-state index contributed by atoms with van der Waals surface area (Å²) in [5.74, 6) is 1.44. The number of aliphatic hydroxyl groups is 1. The third-order valence-electron chi connectivity index (χ3n) is 2.86. The molecule has 0 radical (unpaired) electrons. The van der Waals surface area contributed by atoms with E-state index in [2.05, 4.69) is 5.32 Å². The predicted molar refractivity (Wildman–Crippen MR) is 70.2 cm³/mol. The maximum absolute atomic E-state index is 11.4. The molecule has 1 heterocycles. The summed E-state index contributed by atoms with van der Waals surface area (Å²) in [6.45, 7) is 1.82. The number of ether oxygens (including phenoxy) is 2. The van der Waals surface area contributed by atoms with E-state index in [1.165, 1.54) is 0 Å². The van der Waals surface area contributed by atoms with Gasteiger partial charge in [-0.1, -0.05) is 6.07 Å². The highest BCUT2D eigenvalue weighted by molar-refractivity contribution is 5.75. The summed E-state index contributed by atoms with van der Waals surface area (Å²) in [5, 5.41) is 11.5. The van der Waals surface area contributed by atoms with Crippen molar-refractivity contribution in [1.29, 1.82) is 0 Å². The normalized spacial score (nSPS) is 13.7. The standard InChI is InChI=1S/C14H19NO4/c16-6-1-3-14(17)15-10-11-4-5-12-13(9-11)19-8-2-7-18-12/h4-5,9,16H,1-3,6-8,10H2,(H,15,17). The lowest BCUT2D eigenvalue weighted by Gasteiger charge is -2.10. The third kappa shape index (κ3) is 4.13. The van der Waals surface area contributed by atoms with Crippen molar-refractivity contribution in [3.63, 3.8) is 0 Å². The lowest BCUT2D eigenvalue weighted by atomic mass is 10.2. The first kappa shape index (κ1) is 13.7. The van der Waals surface area contributed by atoms with Crippen LogP contribution in [0.4, 0.5) is 0 Å². The Morgan fingerprint density at radius 1 is 1.26 bits per heavy atom. The fourth-order valence-electron chi connectivity index (χ4n) is 1.85. The van der Waals surface area contributed by atoms with Gasteiger partial charge in [-0.25, -0.2) is 0 Å². The van der Waals surface area contributed by atoms with E-state index in [4.69, 9.17) is 14.6 Å². The smallest absolute Gasteiger partial charge is 0.220 e. The van der Waals surface area contributed by atoms with Crippen LogP contribution in [0.1, 0.15) is 24.8 Å². The molecule has 0 aromatic heterocycles. The highest BCUT2D eigenvalue weighted by atomic mass is 16.5. The molecular weight excluding hydrogens is 246 g/mol. The second-order valence-electron chi connectivity index (χ2n) is 4.44. The van der Waals surface area contributed by atoms with Gasteiger partial charge in [-0.05, 0) is 24.1 Å². The molecule has 1 aliphatic rings. The van der Waals surface area contributed by atoms with Gasteiger partial charge in [0.25, 0.3) is 0 Å². The number of rotatable bonds is 5. The van der Waals surface area contributed by atoms with Crippen LogP contribution in [0.15, 0.2) is 18.2 Å². The van der Waals surface area contributed by atoms with Crippen molar-refractivity contribution in [1.82, 2.24) is 5.32 Å². The minimum absolute atomic E-state index is 0.0391. The fourth-order valence-corrected chi connectivity index (χ4v) is 1.85. The highest BCUT2D eigenvalue weighted by Crippen LogP contribution is 2.30. The van der Waals surface area contributed by atoms with Crippen LogP contribution in [-0.4, -0.2) is 30.8 Å². The predicted octanol–water partition coefficient (Wildman–Crippen LogP) is 1.24. The Hall–Kier alpha value is -1.75. The Labute approximate surface area is 112 Å². The molecule has 19 heavy (non-hydrogen) atoms. The Kier molecular flexibility index (Phi) is 5.03. The van der Waals surface area contributed by atoms with Gasteiger partial charge in [0.05, 0.1) is 13.2 Å². The van der Waals surface area contributed by atoms with Gasteiger partial charge >= 0.3 is 0 Å². The Morgan fingerprint density at radius 3 is 2.84 bits per heavy atom. The number of nitrogens with one attached hydrogen (secondary N) is 1. The fraction of sp³-hybridized carbons (Fsp3) is 0.500. The van der Waals surface area contributed by atoms with Crippen molar-refractivity contribution in [3.05, 3.63) is 23.8 Å². The average Bonchev–Trinajstić information content (AvgIpc) is 2.67. The number of hydrogen-bond acceptors (Lipinski definition) is 4. The molecule has 2 N–H and O–H groups in total. The van der Waals surface area contributed by atoms with E-state index >= 15 is 0 Å². The molecule has 0 aliphatic carbocycles. The summed E-state index contributed by atoms with van der Waals surface area (Å²) in [7, 11) is 0. The molecule has 0 spiro atoms. The van der Waals surface area contributed by atoms with E-state index in [1.807, 2.05) is 18.2 Å². The van der Waals surface area contributed by atoms with Crippen LogP contribution in [0.25, 0.3) is 0 Å². The topological polar surface area (TPSA) is 67.8 Å². The largest absolute Gasteiger partial charge is 0.490 e. The maximum Gasteiger partial charge on any atom is 0.220 e. The number of fused-ring (bicyclic) bond motifs is 1. The number of benzene rings is 1. The molecule has 0 bridgehead atoms.